The molecular weight excluding hydrogens is 336 g/mol. The minimum atomic E-state index is -0.208. The van der Waals surface area contributed by atoms with Gasteiger partial charge in [0, 0.05) is 18.5 Å². The van der Waals surface area contributed by atoms with Crippen molar-refractivity contribution in [3.05, 3.63) is 33.5 Å². The van der Waals surface area contributed by atoms with E-state index in [1.807, 2.05) is 5.38 Å². The second-order valence-electron chi connectivity index (χ2n) is 4.92. The van der Waals surface area contributed by atoms with Crippen molar-refractivity contribution in [2.75, 3.05) is 25.0 Å². The third-order valence-electron chi connectivity index (χ3n) is 3.24. The lowest BCUT2D eigenvalue weighted by atomic mass is 10.2. The van der Waals surface area contributed by atoms with E-state index in [4.69, 9.17) is 0 Å². The van der Waals surface area contributed by atoms with Crippen LogP contribution in [0.1, 0.15) is 15.4 Å². The molecule has 0 saturated carbocycles. The lowest BCUT2D eigenvalue weighted by Crippen LogP contribution is -2.50. The average Bonchev–Trinajstić information content (AvgIpc) is 3.19. The van der Waals surface area contributed by atoms with Crippen LogP contribution in [-0.4, -0.2) is 47.2 Å². The molecule has 0 aromatic carbocycles. The number of thiophene rings is 1. The smallest absolute Gasteiger partial charge is 0.267 e. The fraction of sp³-hybridized carbons (Fsp3) is 0.286. The molecule has 1 saturated heterocycles. The Morgan fingerprint density at radius 1 is 1.39 bits per heavy atom. The number of thiazole rings is 1. The summed E-state index contributed by atoms with van der Waals surface area (Å²) in [6.07, 6.45) is 0.124. The Morgan fingerprint density at radius 2 is 2.26 bits per heavy atom. The second kappa shape index (κ2) is 6.88. The first-order chi connectivity index (χ1) is 11.1. The molecule has 3 heterocycles. The minimum absolute atomic E-state index is 0.0882. The Labute approximate surface area is 140 Å². The maximum absolute atomic E-state index is 12.2. The molecule has 3 rings (SSSR count). The Hall–Kier alpha value is -2.26. The van der Waals surface area contributed by atoms with Crippen LogP contribution in [0, 0.1) is 0 Å². The molecule has 2 aromatic heterocycles. The number of aromatic nitrogens is 1. The highest BCUT2D eigenvalue weighted by atomic mass is 32.1. The first kappa shape index (κ1) is 15.6. The van der Waals surface area contributed by atoms with E-state index in [1.165, 1.54) is 27.6 Å². The Balaban J connectivity index is 1.57. The zero-order chi connectivity index (χ0) is 16.2. The van der Waals surface area contributed by atoms with Crippen LogP contribution >= 0.6 is 22.7 Å². The zero-order valence-corrected chi connectivity index (χ0v) is 13.7. The van der Waals surface area contributed by atoms with Crippen molar-refractivity contribution in [3.8, 4) is 0 Å². The number of amides is 3. The first-order valence-corrected chi connectivity index (χ1v) is 8.71. The summed E-state index contributed by atoms with van der Waals surface area (Å²) < 4.78 is 0. The fourth-order valence-corrected chi connectivity index (χ4v) is 3.45. The van der Waals surface area contributed by atoms with Gasteiger partial charge in [-0.1, -0.05) is 6.07 Å². The molecule has 120 valence electrons. The zero-order valence-electron chi connectivity index (χ0n) is 12.1. The van der Waals surface area contributed by atoms with Gasteiger partial charge in [-0.25, -0.2) is 4.98 Å². The largest absolute Gasteiger partial charge is 0.353 e. The highest BCUT2D eigenvalue weighted by Crippen LogP contribution is 2.18. The summed E-state index contributed by atoms with van der Waals surface area (Å²) in [6, 6.07) is 3.54. The van der Waals surface area contributed by atoms with Crippen LogP contribution in [0.25, 0.3) is 0 Å². The molecule has 0 bridgehead atoms. The number of nitrogens with one attached hydrogen (secondary N) is 2. The molecule has 7 nitrogen and oxygen atoms in total. The predicted molar refractivity (Wildman–Crippen MR) is 87.7 cm³/mol. The number of piperazine rings is 1. The maximum atomic E-state index is 12.2. The van der Waals surface area contributed by atoms with Gasteiger partial charge in [-0.15, -0.1) is 22.7 Å². The van der Waals surface area contributed by atoms with Gasteiger partial charge in [0.15, 0.2) is 5.13 Å². The molecule has 2 aromatic rings. The third kappa shape index (κ3) is 3.93. The highest BCUT2D eigenvalue weighted by Gasteiger charge is 2.22. The highest BCUT2D eigenvalue weighted by molar-refractivity contribution is 7.14. The van der Waals surface area contributed by atoms with Gasteiger partial charge in [-0.2, -0.15) is 0 Å². The van der Waals surface area contributed by atoms with Crippen molar-refractivity contribution in [1.82, 2.24) is 15.2 Å². The van der Waals surface area contributed by atoms with Gasteiger partial charge in [0.1, 0.15) is 0 Å². The summed E-state index contributed by atoms with van der Waals surface area (Å²) in [5.41, 5.74) is 0.590. The molecule has 1 fully saturated rings. The van der Waals surface area contributed by atoms with Gasteiger partial charge in [0.25, 0.3) is 5.91 Å². The minimum Gasteiger partial charge on any atom is -0.353 e. The Morgan fingerprint density at radius 3 is 3.00 bits per heavy atom. The van der Waals surface area contributed by atoms with Gasteiger partial charge < -0.3 is 10.2 Å². The van der Waals surface area contributed by atoms with E-state index in [0.717, 1.165) is 0 Å². The van der Waals surface area contributed by atoms with Crippen molar-refractivity contribution in [1.29, 1.82) is 0 Å². The molecule has 1 aliphatic rings. The molecule has 23 heavy (non-hydrogen) atoms. The van der Waals surface area contributed by atoms with Crippen LogP contribution in [0.4, 0.5) is 5.13 Å². The normalized spacial score (nSPS) is 14.4. The van der Waals surface area contributed by atoms with E-state index in [2.05, 4.69) is 15.6 Å². The van der Waals surface area contributed by atoms with E-state index < -0.39 is 0 Å². The van der Waals surface area contributed by atoms with Crippen molar-refractivity contribution in [2.45, 2.75) is 6.42 Å². The summed E-state index contributed by atoms with van der Waals surface area (Å²) in [5, 5.41) is 9.42. The number of nitrogens with zero attached hydrogens (tertiary/aromatic N) is 2. The van der Waals surface area contributed by atoms with Crippen LogP contribution in [0.2, 0.25) is 0 Å². The van der Waals surface area contributed by atoms with Crippen LogP contribution < -0.4 is 10.6 Å². The van der Waals surface area contributed by atoms with Crippen LogP contribution in [-0.2, 0) is 16.0 Å². The molecular formula is C14H14N4O3S2. The van der Waals surface area contributed by atoms with Gasteiger partial charge in [-0.3, -0.25) is 19.7 Å². The molecule has 9 heteroatoms. The summed E-state index contributed by atoms with van der Waals surface area (Å²) in [4.78, 5) is 41.8. The van der Waals surface area contributed by atoms with Gasteiger partial charge >= 0.3 is 0 Å². The van der Waals surface area contributed by atoms with Crippen LogP contribution in [0.15, 0.2) is 22.9 Å². The molecule has 1 aliphatic heterocycles. The monoisotopic (exact) mass is 350 g/mol. The molecule has 0 unspecified atom stereocenters. The average molecular weight is 350 g/mol. The van der Waals surface area contributed by atoms with Crippen LogP contribution in [0.5, 0.6) is 0 Å². The molecule has 0 atom stereocenters. The summed E-state index contributed by atoms with van der Waals surface area (Å²) in [7, 11) is 0. The lowest BCUT2D eigenvalue weighted by molar-refractivity contribution is -0.137. The number of hydrogen-bond donors (Lipinski definition) is 2. The van der Waals surface area contributed by atoms with E-state index in [9.17, 15) is 14.4 Å². The molecule has 0 radical (unpaired) electrons. The SMILES string of the molecule is O=C1CN(C(=O)Cc2csc(NC(=O)c3cccs3)n2)CCN1. The van der Waals surface area contributed by atoms with Crippen molar-refractivity contribution >= 4 is 45.5 Å². The number of anilines is 1. The standard InChI is InChI=1S/C14H14N4O3S2/c19-11-7-18(4-3-15-11)12(20)6-9-8-23-14(16-9)17-13(21)10-2-1-5-22-10/h1-2,5,8H,3-4,6-7H2,(H,15,19)(H,16,17,21). The number of carbonyl (C=O) groups excluding carboxylic acids is 3. The summed E-state index contributed by atoms with van der Waals surface area (Å²) >= 11 is 2.63. The molecule has 3 amide bonds. The summed E-state index contributed by atoms with van der Waals surface area (Å²) in [6.45, 7) is 1.07. The maximum Gasteiger partial charge on any atom is 0.267 e. The predicted octanol–water partition coefficient (Wildman–Crippen LogP) is 0.958. The van der Waals surface area contributed by atoms with Gasteiger partial charge in [0.2, 0.25) is 11.8 Å². The van der Waals surface area contributed by atoms with Crippen molar-refractivity contribution in [3.63, 3.8) is 0 Å². The Bertz CT molecular complexity index is 726. The second-order valence-corrected chi connectivity index (χ2v) is 6.72. The molecule has 2 N–H and O–H groups in total. The number of hydrogen-bond acceptors (Lipinski definition) is 6. The summed E-state index contributed by atoms with van der Waals surface area (Å²) in [5.74, 6) is -0.493. The van der Waals surface area contributed by atoms with Gasteiger partial charge in [0.05, 0.1) is 23.5 Å². The number of rotatable bonds is 4. The number of carbonyl (C=O) groups is 3. The topological polar surface area (TPSA) is 91.4 Å². The van der Waals surface area contributed by atoms with Crippen molar-refractivity contribution < 1.29 is 14.4 Å². The van der Waals surface area contributed by atoms with E-state index in [1.54, 1.807) is 17.5 Å². The lowest BCUT2D eigenvalue weighted by Gasteiger charge is -2.26. The quantitative estimate of drug-likeness (QED) is 0.859. The third-order valence-corrected chi connectivity index (χ3v) is 4.92. The van der Waals surface area contributed by atoms with E-state index >= 15 is 0 Å². The van der Waals surface area contributed by atoms with Gasteiger partial charge in [-0.05, 0) is 11.4 Å². The van der Waals surface area contributed by atoms with Crippen LogP contribution in [0.3, 0.4) is 0 Å². The van der Waals surface area contributed by atoms with Crippen molar-refractivity contribution in [2.24, 2.45) is 0 Å². The van der Waals surface area contributed by atoms with E-state index in [0.29, 0.717) is 28.8 Å². The fourth-order valence-electron chi connectivity index (χ4n) is 2.13. The molecule has 0 aliphatic carbocycles. The molecule has 0 spiro atoms. The Kier molecular flexibility index (Phi) is 4.68. The van der Waals surface area contributed by atoms with E-state index in [-0.39, 0.29) is 30.7 Å². The first-order valence-electron chi connectivity index (χ1n) is 6.95.